The van der Waals surface area contributed by atoms with Crippen molar-refractivity contribution >= 4 is 20.0 Å². The van der Waals surface area contributed by atoms with Gasteiger partial charge in [-0.2, -0.15) is 0 Å². The summed E-state index contributed by atoms with van der Waals surface area (Å²) >= 11 is 0. The van der Waals surface area contributed by atoms with Gasteiger partial charge in [-0.3, -0.25) is 0 Å². The minimum absolute atomic E-state index is 0.0667. The monoisotopic (exact) mass is 375 g/mol. The Balaban J connectivity index is 2.19. The summed E-state index contributed by atoms with van der Waals surface area (Å²) in [6.45, 7) is 5.79. The molecule has 1 aliphatic heterocycles. The van der Waals surface area contributed by atoms with Crippen LogP contribution in [0.1, 0.15) is 25.3 Å². The van der Waals surface area contributed by atoms with Crippen LogP contribution in [0.4, 0.5) is 0 Å². The molecule has 1 aromatic rings. The molecule has 7 nitrogen and oxygen atoms in total. The van der Waals surface area contributed by atoms with E-state index in [0.717, 1.165) is 25.9 Å². The van der Waals surface area contributed by atoms with Crippen molar-refractivity contribution in [2.75, 3.05) is 26.7 Å². The highest BCUT2D eigenvalue weighted by molar-refractivity contribution is 7.90. The van der Waals surface area contributed by atoms with Crippen LogP contribution in [0, 0.1) is 12.3 Å². The van der Waals surface area contributed by atoms with Gasteiger partial charge in [0, 0.05) is 6.54 Å². The molecule has 9 heteroatoms. The number of hydrogen-bond donors (Lipinski definition) is 3. The van der Waals surface area contributed by atoms with Crippen LogP contribution >= 0.6 is 0 Å². The lowest BCUT2D eigenvalue weighted by molar-refractivity contribution is 0.232. The fraction of sp³-hybridized carbons (Fsp3) is 0.600. The van der Waals surface area contributed by atoms with E-state index in [2.05, 4.69) is 21.7 Å². The lowest BCUT2D eigenvalue weighted by Crippen LogP contribution is -2.42. The first-order valence-electron chi connectivity index (χ1n) is 7.84. The van der Waals surface area contributed by atoms with Crippen molar-refractivity contribution in [3.05, 3.63) is 23.8 Å². The third-order valence-corrected chi connectivity index (χ3v) is 7.49. The van der Waals surface area contributed by atoms with Gasteiger partial charge in [0.25, 0.3) is 0 Å². The van der Waals surface area contributed by atoms with E-state index < -0.39 is 20.0 Å². The lowest BCUT2D eigenvalue weighted by atomic mass is 9.81. The van der Waals surface area contributed by atoms with Gasteiger partial charge in [-0.05, 0) is 69.1 Å². The highest BCUT2D eigenvalue weighted by Crippen LogP contribution is 2.27. The molecule has 3 N–H and O–H groups in total. The number of hydrogen-bond acceptors (Lipinski definition) is 5. The number of nitrogens with one attached hydrogen (secondary N) is 3. The van der Waals surface area contributed by atoms with Crippen LogP contribution < -0.4 is 14.8 Å². The molecule has 0 aromatic heterocycles. The number of sulfonamides is 2. The van der Waals surface area contributed by atoms with Gasteiger partial charge in [-0.15, -0.1) is 0 Å². The molecular formula is C15H25N3O4S2. The Morgan fingerprint density at radius 1 is 1.12 bits per heavy atom. The molecule has 0 spiro atoms. The van der Waals surface area contributed by atoms with Gasteiger partial charge in [-0.1, -0.05) is 6.92 Å². The lowest BCUT2D eigenvalue weighted by Gasteiger charge is -2.34. The molecule has 1 aromatic carbocycles. The standard InChI is InChI=1S/C15H25N3O4S2/c1-12-10-13(4-5-14(12)24(21,22)16-3)23(19,20)18-11-15(2)6-8-17-9-7-15/h4-5,10,16-18H,6-9,11H2,1-3H3. The van der Waals surface area contributed by atoms with Crippen molar-refractivity contribution in [2.45, 2.75) is 36.5 Å². The number of piperidine rings is 1. The number of benzene rings is 1. The fourth-order valence-corrected chi connectivity index (χ4v) is 4.99. The maximum atomic E-state index is 12.5. The second-order valence-electron chi connectivity index (χ2n) is 6.52. The SMILES string of the molecule is CNS(=O)(=O)c1ccc(S(=O)(=O)NCC2(C)CCNCC2)cc1C. The van der Waals surface area contributed by atoms with Gasteiger partial charge >= 0.3 is 0 Å². The van der Waals surface area contributed by atoms with E-state index in [1.807, 2.05) is 0 Å². The normalized spacial score (nSPS) is 18.5. The maximum absolute atomic E-state index is 12.5. The zero-order valence-electron chi connectivity index (χ0n) is 14.2. The molecule has 1 saturated heterocycles. The van der Waals surface area contributed by atoms with Crippen LogP contribution in [0.15, 0.2) is 28.0 Å². The summed E-state index contributed by atoms with van der Waals surface area (Å²) in [5, 5.41) is 3.26. The van der Waals surface area contributed by atoms with Crippen molar-refractivity contribution < 1.29 is 16.8 Å². The van der Waals surface area contributed by atoms with E-state index in [9.17, 15) is 16.8 Å². The summed E-state index contributed by atoms with van der Waals surface area (Å²) in [4.78, 5) is 0.154. The first-order valence-corrected chi connectivity index (χ1v) is 10.8. The molecule has 0 unspecified atom stereocenters. The smallest absolute Gasteiger partial charge is 0.240 e. The predicted molar refractivity (Wildman–Crippen MR) is 92.8 cm³/mol. The Kier molecular flexibility index (Phi) is 5.71. The minimum atomic E-state index is -3.67. The fourth-order valence-electron chi connectivity index (χ4n) is 2.76. The average molecular weight is 376 g/mol. The number of aryl methyl sites for hydroxylation is 1. The third kappa shape index (κ3) is 4.34. The molecule has 0 bridgehead atoms. The first-order chi connectivity index (χ1) is 11.1. The van der Waals surface area contributed by atoms with Crippen molar-refractivity contribution in [1.29, 1.82) is 0 Å². The zero-order valence-corrected chi connectivity index (χ0v) is 15.9. The van der Waals surface area contributed by atoms with E-state index in [0.29, 0.717) is 12.1 Å². The minimum Gasteiger partial charge on any atom is -0.317 e. The number of rotatable bonds is 6. The maximum Gasteiger partial charge on any atom is 0.240 e. The summed E-state index contributed by atoms with van der Waals surface area (Å²) in [5.74, 6) is 0. The Labute approximate surface area is 144 Å². The second-order valence-corrected chi connectivity index (χ2v) is 10.1. The van der Waals surface area contributed by atoms with Crippen molar-refractivity contribution in [3.8, 4) is 0 Å². The molecule has 0 aliphatic carbocycles. The Morgan fingerprint density at radius 3 is 2.29 bits per heavy atom. The Morgan fingerprint density at radius 2 is 1.75 bits per heavy atom. The topological polar surface area (TPSA) is 104 Å². The van der Waals surface area contributed by atoms with Crippen molar-refractivity contribution in [1.82, 2.24) is 14.8 Å². The second kappa shape index (κ2) is 7.09. The quantitative estimate of drug-likeness (QED) is 0.674. The summed E-state index contributed by atoms with van der Waals surface area (Å²) < 4.78 is 53.7. The van der Waals surface area contributed by atoms with Crippen molar-refractivity contribution in [3.63, 3.8) is 0 Å². The molecular weight excluding hydrogens is 350 g/mol. The molecule has 1 aliphatic rings. The van der Waals surface area contributed by atoms with E-state index in [1.165, 1.54) is 25.2 Å². The highest BCUT2D eigenvalue weighted by Gasteiger charge is 2.29. The van der Waals surface area contributed by atoms with Crippen LogP contribution in [0.3, 0.4) is 0 Å². The third-order valence-electron chi connectivity index (χ3n) is 4.51. The highest BCUT2D eigenvalue weighted by atomic mass is 32.2. The molecule has 0 atom stereocenters. The Hall–Kier alpha value is -1.00. The zero-order chi connectivity index (χ0) is 18.0. The molecule has 24 heavy (non-hydrogen) atoms. The van der Waals surface area contributed by atoms with Gasteiger partial charge in [0.1, 0.15) is 0 Å². The molecule has 2 rings (SSSR count). The van der Waals surface area contributed by atoms with Crippen LogP contribution in [-0.4, -0.2) is 43.5 Å². The van der Waals surface area contributed by atoms with Crippen molar-refractivity contribution in [2.24, 2.45) is 5.41 Å². The molecule has 0 radical (unpaired) electrons. The largest absolute Gasteiger partial charge is 0.317 e. The van der Waals surface area contributed by atoms with Crippen LogP contribution in [0.25, 0.3) is 0 Å². The van der Waals surface area contributed by atoms with Gasteiger partial charge in [0.2, 0.25) is 20.0 Å². The van der Waals surface area contributed by atoms with Crippen LogP contribution in [0.5, 0.6) is 0 Å². The molecule has 1 heterocycles. The van der Waals surface area contributed by atoms with Crippen LogP contribution in [0.2, 0.25) is 0 Å². The molecule has 1 fully saturated rings. The first kappa shape index (κ1) is 19.3. The average Bonchev–Trinajstić information content (AvgIpc) is 2.53. The van der Waals surface area contributed by atoms with Gasteiger partial charge in [-0.25, -0.2) is 26.3 Å². The molecule has 136 valence electrons. The molecule has 0 saturated carbocycles. The van der Waals surface area contributed by atoms with Gasteiger partial charge in [0.15, 0.2) is 0 Å². The summed E-state index contributed by atoms with van der Waals surface area (Å²) in [6.07, 6.45) is 1.82. The predicted octanol–water partition coefficient (Wildman–Crippen LogP) is 0.571. The summed E-state index contributed by atoms with van der Waals surface area (Å²) in [5.41, 5.74) is 0.322. The summed E-state index contributed by atoms with van der Waals surface area (Å²) in [6, 6.07) is 4.03. The van der Waals surface area contributed by atoms with Gasteiger partial charge < -0.3 is 5.32 Å². The summed E-state index contributed by atoms with van der Waals surface area (Å²) in [7, 11) is -5.96. The van der Waals surface area contributed by atoms with E-state index in [-0.39, 0.29) is 15.2 Å². The van der Waals surface area contributed by atoms with E-state index in [4.69, 9.17) is 0 Å². The molecule has 0 amide bonds. The Bertz CT molecular complexity index is 798. The van der Waals surface area contributed by atoms with E-state index >= 15 is 0 Å². The van der Waals surface area contributed by atoms with Crippen LogP contribution in [-0.2, 0) is 20.0 Å². The van der Waals surface area contributed by atoms with Gasteiger partial charge in [0.05, 0.1) is 9.79 Å². The van der Waals surface area contributed by atoms with E-state index in [1.54, 1.807) is 6.92 Å².